The highest BCUT2D eigenvalue weighted by Gasteiger charge is 2.28. The van der Waals surface area contributed by atoms with Crippen LogP contribution in [0.2, 0.25) is 0 Å². The summed E-state index contributed by atoms with van der Waals surface area (Å²) in [6, 6.07) is 7.52. The molecule has 4 heterocycles. The summed E-state index contributed by atoms with van der Waals surface area (Å²) in [5.74, 6) is -0.0557. The average Bonchev–Trinajstić information content (AvgIpc) is 3.44. The molecule has 32 heavy (non-hydrogen) atoms. The van der Waals surface area contributed by atoms with E-state index < -0.39 is 0 Å². The molecule has 0 bridgehead atoms. The van der Waals surface area contributed by atoms with Gasteiger partial charge in [0, 0.05) is 42.9 Å². The average molecular weight is 457 g/mol. The lowest BCUT2D eigenvalue weighted by Gasteiger charge is -2.29. The highest BCUT2D eigenvalue weighted by Crippen LogP contribution is 2.33. The molecule has 1 saturated heterocycles. The van der Waals surface area contributed by atoms with Crippen LogP contribution in [0, 0.1) is 12.7 Å². The van der Waals surface area contributed by atoms with E-state index in [1.54, 1.807) is 28.4 Å². The van der Waals surface area contributed by atoms with Crippen molar-refractivity contribution in [2.45, 2.75) is 65.7 Å². The van der Waals surface area contributed by atoms with Crippen LogP contribution in [-0.2, 0) is 17.9 Å². The van der Waals surface area contributed by atoms with Crippen molar-refractivity contribution >= 4 is 27.5 Å². The Labute approximate surface area is 191 Å². The van der Waals surface area contributed by atoms with Gasteiger partial charge in [-0.25, -0.2) is 9.37 Å². The zero-order valence-corrected chi connectivity index (χ0v) is 19.8. The van der Waals surface area contributed by atoms with Gasteiger partial charge in [-0.3, -0.25) is 14.5 Å². The first kappa shape index (κ1) is 22.6. The number of nitrogens with one attached hydrogen (secondary N) is 1. The monoisotopic (exact) mass is 456 g/mol. The molecule has 1 fully saturated rings. The number of carbonyl (C=O) groups excluding carboxylic acids is 1. The van der Waals surface area contributed by atoms with Crippen molar-refractivity contribution in [1.29, 1.82) is 0 Å². The lowest BCUT2D eigenvalue weighted by Crippen LogP contribution is -2.30. The van der Waals surface area contributed by atoms with E-state index in [-0.39, 0.29) is 23.3 Å². The second kappa shape index (κ2) is 9.11. The zero-order chi connectivity index (χ0) is 23.0. The molecule has 0 unspecified atom stereocenters. The number of likely N-dealkylation sites (tertiary alicyclic amines) is 1. The van der Waals surface area contributed by atoms with E-state index in [2.05, 4.69) is 28.7 Å². The van der Waals surface area contributed by atoms with E-state index in [1.165, 1.54) is 25.8 Å². The molecule has 5 rings (SSSR count). The maximum absolute atomic E-state index is 14.3. The van der Waals surface area contributed by atoms with Gasteiger partial charge in [-0.15, -0.1) is 11.3 Å². The van der Waals surface area contributed by atoms with Gasteiger partial charge >= 0.3 is 0 Å². The number of hydrogen-bond donors (Lipinski definition) is 1. The normalized spacial score (nSPS) is 19.0. The summed E-state index contributed by atoms with van der Waals surface area (Å²) in [6.45, 7) is 10.0. The molecule has 1 amide bonds. The van der Waals surface area contributed by atoms with E-state index in [0.29, 0.717) is 19.1 Å². The number of benzene rings is 1. The van der Waals surface area contributed by atoms with Crippen molar-refractivity contribution in [1.82, 2.24) is 19.8 Å². The van der Waals surface area contributed by atoms with Gasteiger partial charge in [-0.05, 0) is 63.9 Å². The number of amides is 1. The van der Waals surface area contributed by atoms with Gasteiger partial charge in [-0.1, -0.05) is 0 Å². The topological polar surface area (TPSA) is 69.3 Å². The van der Waals surface area contributed by atoms with Gasteiger partial charge in [0.05, 0.1) is 21.8 Å². The number of aromatic amines is 1. The van der Waals surface area contributed by atoms with Crippen LogP contribution in [0.5, 0.6) is 0 Å². The van der Waals surface area contributed by atoms with Crippen molar-refractivity contribution in [3.8, 4) is 0 Å². The third-order valence-corrected chi connectivity index (χ3v) is 7.35. The number of aromatic nitrogens is 2. The van der Waals surface area contributed by atoms with Gasteiger partial charge in [0.15, 0.2) is 0 Å². The van der Waals surface area contributed by atoms with Gasteiger partial charge in [-0.2, -0.15) is 0 Å². The van der Waals surface area contributed by atoms with Gasteiger partial charge in [0.2, 0.25) is 11.5 Å². The van der Waals surface area contributed by atoms with Crippen molar-refractivity contribution in [2.24, 2.45) is 0 Å². The summed E-state index contributed by atoms with van der Waals surface area (Å²) < 4.78 is 15.3. The second-order valence-electron chi connectivity index (χ2n) is 8.68. The number of hydrogen-bond acceptors (Lipinski definition) is 5. The minimum atomic E-state index is -0.107. The zero-order valence-electron chi connectivity index (χ0n) is 18.9. The van der Waals surface area contributed by atoms with Crippen LogP contribution in [0.3, 0.4) is 0 Å². The molecule has 0 saturated carbocycles. The number of H-pyrrole nitrogens is 1. The van der Waals surface area contributed by atoms with Crippen LogP contribution in [0.15, 0.2) is 29.1 Å². The molecule has 0 spiro atoms. The van der Waals surface area contributed by atoms with Crippen LogP contribution in [0.25, 0.3) is 10.2 Å². The number of pyridine rings is 1. The molecule has 0 radical (unpaired) electrons. The maximum atomic E-state index is 14.3. The summed E-state index contributed by atoms with van der Waals surface area (Å²) in [5, 5.41) is 0.994. The highest BCUT2D eigenvalue weighted by molar-refractivity contribution is 7.18. The lowest BCUT2D eigenvalue weighted by molar-refractivity contribution is -0.129. The smallest absolute Gasteiger partial charge is 0.248 e. The fourth-order valence-corrected chi connectivity index (χ4v) is 5.46. The van der Waals surface area contributed by atoms with Gasteiger partial charge in [0.25, 0.3) is 0 Å². The fraction of sp³-hybridized carbons (Fsp3) is 0.458. The largest absolute Gasteiger partial charge is 0.333 e. The van der Waals surface area contributed by atoms with Crippen LogP contribution in [0.4, 0.5) is 4.39 Å². The van der Waals surface area contributed by atoms with Crippen molar-refractivity contribution in [3.05, 3.63) is 62.3 Å². The number of aryl methyl sites for hydroxylation is 1. The molecule has 3 aromatic rings. The van der Waals surface area contributed by atoms with Crippen LogP contribution < -0.4 is 5.56 Å². The quantitative estimate of drug-likeness (QED) is 0.615. The van der Waals surface area contributed by atoms with E-state index in [9.17, 15) is 14.0 Å². The van der Waals surface area contributed by atoms with Crippen molar-refractivity contribution in [3.63, 3.8) is 0 Å². The first-order chi connectivity index (χ1) is 15.2. The van der Waals surface area contributed by atoms with Crippen LogP contribution in [0.1, 0.15) is 61.5 Å². The second-order valence-corrected chi connectivity index (χ2v) is 9.92. The minimum absolute atomic E-state index is 0.0389. The third kappa shape index (κ3) is 4.61. The number of thiazole rings is 1. The Morgan fingerprint density at radius 2 is 2.09 bits per heavy atom. The van der Waals surface area contributed by atoms with Gasteiger partial charge < -0.3 is 9.88 Å². The van der Waals surface area contributed by atoms with Crippen molar-refractivity contribution in [2.75, 3.05) is 6.54 Å². The summed E-state index contributed by atoms with van der Waals surface area (Å²) in [7, 11) is 0. The molecule has 2 atom stereocenters. The molecule has 1 aromatic carbocycles. The molecular weight excluding hydrogens is 427 g/mol. The molecule has 2 aliphatic heterocycles. The Bertz CT molecular complexity index is 1200. The predicted octanol–water partition coefficient (Wildman–Crippen LogP) is 4.53. The predicted molar refractivity (Wildman–Crippen MR) is 125 cm³/mol. The van der Waals surface area contributed by atoms with Crippen LogP contribution in [-0.4, -0.2) is 38.3 Å². The molecule has 2 aromatic heterocycles. The first-order valence-electron chi connectivity index (χ1n) is 11.0. The Kier molecular flexibility index (Phi) is 6.44. The van der Waals surface area contributed by atoms with E-state index in [1.807, 2.05) is 13.0 Å². The molecule has 170 valence electrons. The molecule has 8 heteroatoms. The maximum Gasteiger partial charge on any atom is 0.248 e. The Hall–Kier alpha value is -2.58. The highest BCUT2D eigenvalue weighted by atomic mass is 32.1. The molecule has 6 nitrogen and oxygen atoms in total. The number of carbonyl (C=O) groups is 1. The summed E-state index contributed by atoms with van der Waals surface area (Å²) in [6.07, 6.45) is 2.43. The number of nitrogens with zero attached hydrogens (tertiary/aromatic N) is 3. The number of rotatable bonds is 2. The number of fused-ring (bicyclic) bond motifs is 2. The summed E-state index contributed by atoms with van der Waals surface area (Å²) >= 11 is 1.55. The van der Waals surface area contributed by atoms with E-state index in [4.69, 9.17) is 0 Å². The molecule has 2 aliphatic rings. The molecule has 0 aliphatic carbocycles. The third-order valence-electron chi connectivity index (χ3n) is 6.42. The Balaban J connectivity index is 0.000000165. The van der Waals surface area contributed by atoms with Crippen molar-refractivity contribution < 1.29 is 9.18 Å². The summed E-state index contributed by atoms with van der Waals surface area (Å²) in [5.41, 5.74) is 3.51. The van der Waals surface area contributed by atoms with E-state index >= 15 is 0 Å². The first-order valence-corrected chi connectivity index (χ1v) is 11.8. The summed E-state index contributed by atoms with van der Waals surface area (Å²) in [4.78, 5) is 33.3. The minimum Gasteiger partial charge on any atom is -0.333 e. The standard InChI is InChI=1S/C15H19FN2S.C9H10N2O2/c1-9-5-4-6-18(9)10(2)12-7-14-15(8-13(12)16)19-11(3)17-14;1-6(12)11-4-7-2-3-9(13)10-8(7)5-11/h7-10H,4-6H2,1-3H3;2-3H,4-5H2,1H3,(H,10,13)/t9-,10-;/m0./s1. The van der Waals surface area contributed by atoms with Gasteiger partial charge in [0.1, 0.15) is 5.82 Å². The van der Waals surface area contributed by atoms with E-state index in [0.717, 1.165) is 38.6 Å². The Morgan fingerprint density at radius 1 is 1.31 bits per heavy atom. The SMILES string of the molecule is CC(=O)N1Cc2ccc(=O)[nH]c2C1.Cc1nc2cc([C@H](C)N3CCC[C@@H]3C)c(F)cc2s1. The Morgan fingerprint density at radius 3 is 2.78 bits per heavy atom. The van der Waals surface area contributed by atoms with Crippen LogP contribution >= 0.6 is 11.3 Å². The molecule has 1 N–H and O–H groups in total. The molecular formula is C24H29FN4O2S. The fourth-order valence-electron chi connectivity index (χ4n) is 4.62. The lowest BCUT2D eigenvalue weighted by atomic mass is 10.0. The number of halogens is 1.